The normalized spacial score (nSPS) is 15.0. The van der Waals surface area contributed by atoms with Crippen molar-refractivity contribution in [3.63, 3.8) is 0 Å². The van der Waals surface area contributed by atoms with Crippen LogP contribution in [0.5, 0.6) is 0 Å². The first-order valence-electron chi connectivity index (χ1n) is 9.88. The highest BCUT2D eigenvalue weighted by Gasteiger charge is 2.35. The van der Waals surface area contributed by atoms with Gasteiger partial charge in [-0.1, -0.05) is 30.8 Å². The minimum atomic E-state index is -1.72. The third-order valence-corrected chi connectivity index (χ3v) is 5.28. The Morgan fingerprint density at radius 2 is 1.70 bits per heavy atom. The third-order valence-electron chi connectivity index (χ3n) is 5.28. The summed E-state index contributed by atoms with van der Waals surface area (Å²) in [7, 11) is 0. The number of hydrogen-bond acceptors (Lipinski definition) is 7. The minimum Gasteiger partial charge on any atom is -0.478 e. The molecule has 2 bridgehead atoms. The molecule has 9 heteroatoms. The molecule has 0 aliphatic heterocycles. The first kappa shape index (κ1) is 23.6. The van der Waals surface area contributed by atoms with Crippen LogP contribution in [0, 0.1) is 0 Å². The van der Waals surface area contributed by atoms with E-state index in [1.165, 1.54) is 31.2 Å². The minimum absolute atomic E-state index is 0.00563. The number of Topliss-reactive ketones (excluding diaryl/α,β-unsaturated/α-hetero) is 1. The molecule has 2 aromatic rings. The van der Waals surface area contributed by atoms with Crippen molar-refractivity contribution in [3.8, 4) is 0 Å². The fourth-order valence-electron chi connectivity index (χ4n) is 3.81. The van der Waals surface area contributed by atoms with Crippen molar-refractivity contribution >= 4 is 29.5 Å². The predicted molar refractivity (Wildman–Crippen MR) is 114 cm³/mol. The lowest BCUT2D eigenvalue weighted by atomic mass is 9.84. The van der Waals surface area contributed by atoms with Gasteiger partial charge in [-0.15, -0.1) is 0 Å². The molecule has 0 radical (unpaired) electrons. The Kier molecular flexibility index (Phi) is 6.55. The molecule has 1 aliphatic carbocycles. The van der Waals surface area contributed by atoms with Gasteiger partial charge in [-0.25, -0.2) is 14.4 Å². The summed E-state index contributed by atoms with van der Waals surface area (Å²) in [4.78, 5) is 61.9. The number of ketones is 2. The van der Waals surface area contributed by atoms with Crippen LogP contribution in [0.2, 0.25) is 0 Å². The zero-order chi connectivity index (χ0) is 24.4. The molecule has 0 spiro atoms. The predicted octanol–water partition coefficient (Wildman–Crippen LogP) is 2.60. The summed E-state index contributed by atoms with van der Waals surface area (Å²) in [5, 5.41) is 30.3. The molecular weight excluding hydrogens is 432 g/mol. The smallest absolute Gasteiger partial charge is 0.336 e. The Hall–Kier alpha value is -4.11. The zero-order valence-corrected chi connectivity index (χ0v) is 17.6. The second-order valence-corrected chi connectivity index (χ2v) is 7.53. The molecule has 0 saturated carbocycles. The Bertz CT molecular complexity index is 1220. The van der Waals surface area contributed by atoms with Gasteiger partial charge >= 0.3 is 17.9 Å². The first-order valence-corrected chi connectivity index (χ1v) is 9.88. The summed E-state index contributed by atoms with van der Waals surface area (Å²) in [6.07, 6.45) is -2.50. The SMILES string of the molecule is C=C(C)C(=O)OCCc1c2cc(C(=O)O)c(C(=O)O)c1C(O)CC(=O)c1ccccc1C2=O. The average Bonchev–Trinajstić information content (AvgIpc) is 2.78. The second-order valence-electron chi connectivity index (χ2n) is 7.53. The van der Waals surface area contributed by atoms with E-state index in [0.29, 0.717) is 0 Å². The van der Waals surface area contributed by atoms with E-state index in [1.807, 2.05) is 0 Å². The fraction of sp³-hybridized carbons (Fsp3) is 0.208. The number of esters is 1. The molecule has 33 heavy (non-hydrogen) atoms. The highest BCUT2D eigenvalue weighted by atomic mass is 16.5. The van der Waals surface area contributed by atoms with Crippen LogP contribution in [0.4, 0.5) is 0 Å². The lowest BCUT2D eigenvalue weighted by Gasteiger charge is -2.21. The Labute approximate surface area is 187 Å². The largest absolute Gasteiger partial charge is 0.478 e. The van der Waals surface area contributed by atoms with E-state index in [1.54, 1.807) is 0 Å². The van der Waals surface area contributed by atoms with Crippen LogP contribution in [0.3, 0.4) is 0 Å². The molecular formula is C24H20O9. The Balaban J connectivity index is 2.32. The van der Waals surface area contributed by atoms with Gasteiger partial charge in [-0.2, -0.15) is 0 Å². The number of rotatable bonds is 6. The molecule has 3 rings (SSSR count). The molecule has 1 aliphatic rings. The summed E-state index contributed by atoms with van der Waals surface area (Å²) in [6.45, 7) is 4.59. The molecule has 9 nitrogen and oxygen atoms in total. The monoisotopic (exact) mass is 452 g/mol. The van der Waals surface area contributed by atoms with E-state index in [9.17, 15) is 39.3 Å². The quantitative estimate of drug-likeness (QED) is 0.443. The van der Waals surface area contributed by atoms with Crippen LogP contribution >= 0.6 is 0 Å². The summed E-state index contributed by atoms with van der Waals surface area (Å²) >= 11 is 0. The van der Waals surface area contributed by atoms with E-state index in [2.05, 4.69) is 6.58 Å². The molecule has 1 unspecified atom stereocenters. The van der Waals surface area contributed by atoms with Gasteiger partial charge in [0.25, 0.3) is 0 Å². The van der Waals surface area contributed by atoms with E-state index < -0.39 is 53.1 Å². The van der Waals surface area contributed by atoms with Gasteiger partial charge in [0.15, 0.2) is 11.6 Å². The van der Waals surface area contributed by atoms with Crippen molar-refractivity contribution < 1.29 is 44.0 Å². The molecule has 0 saturated heterocycles. The number of fused-ring (bicyclic) bond motifs is 3. The number of aromatic carboxylic acids is 2. The Morgan fingerprint density at radius 1 is 1.06 bits per heavy atom. The highest BCUT2D eigenvalue weighted by Crippen LogP contribution is 2.35. The fourth-order valence-corrected chi connectivity index (χ4v) is 3.81. The van der Waals surface area contributed by atoms with Gasteiger partial charge < -0.3 is 20.1 Å². The van der Waals surface area contributed by atoms with Gasteiger partial charge in [-0.3, -0.25) is 9.59 Å². The van der Waals surface area contributed by atoms with Crippen molar-refractivity contribution in [2.24, 2.45) is 0 Å². The maximum Gasteiger partial charge on any atom is 0.336 e. The van der Waals surface area contributed by atoms with Crippen LogP contribution in [0.1, 0.15) is 77.6 Å². The van der Waals surface area contributed by atoms with Crippen LogP contribution in [0.15, 0.2) is 42.5 Å². The van der Waals surface area contributed by atoms with Crippen molar-refractivity contribution in [1.82, 2.24) is 0 Å². The topological polar surface area (TPSA) is 155 Å². The lowest BCUT2D eigenvalue weighted by molar-refractivity contribution is -0.138. The van der Waals surface area contributed by atoms with Crippen LogP contribution in [0.25, 0.3) is 0 Å². The highest BCUT2D eigenvalue weighted by molar-refractivity contribution is 6.18. The molecule has 3 N–H and O–H groups in total. The molecule has 0 amide bonds. The van der Waals surface area contributed by atoms with Crippen LogP contribution in [-0.4, -0.2) is 51.4 Å². The number of ether oxygens (including phenoxy) is 1. The Morgan fingerprint density at radius 3 is 2.27 bits per heavy atom. The zero-order valence-electron chi connectivity index (χ0n) is 17.6. The summed E-state index contributed by atoms with van der Waals surface area (Å²) in [6, 6.07) is 6.78. The number of benzene rings is 2. The number of carboxylic acids is 2. The van der Waals surface area contributed by atoms with Gasteiger partial charge in [-0.05, 0) is 18.6 Å². The third kappa shape index (κ3) is 4.44. The molecule has 0 heterocycles. The standard InChI is InChI=1S/C24H20O9/c1-11(2)24(32)33-8-7-13-15-9-16(22(28)29)20(23(30)31)19(13)18(26)10-17(25)12-5-3-4-6-14(12)21(15)27/h3-6,9,18,26H,1,7-8,10H2,2H3,(H,28,29)(H,30,31). The molecule has 0 aromatic heterocycles. The van der Waals surface area contributed by atoms with E-state index in [-0.39, 0.29) is 46.4 Å². The number of carbonyl (C=O) groups is 5. The number of carbonyl (C=O) groups excluding carboxylic acids is 3. The van der Waals surface area contributed by atoms with Crippen molar-refractivity contribution in [3.05, 3.63) is 81.4 Å². The maximum atomic E-state index is 13.4. The summed E-state index contributed by atoms with van der Waals surface area (Å²) < 4.78 is 5.07. The van der Waals surface area contributed by atoms with E-state index in [4.69, 9.17) is 4.74 Å². The first-order chi connectivity index (χ1) is 15.5. The number of aliphatic hydroxyl groups is 1. The van der Waals surface area contributed by atoms with Crippen LogP contribution < -0.4 is 0 Å². The number of hydrogen-bond donors (Lipinski definition) is 3. The van der Waals surface area contributed by atoms with Gasteiger partial charge in [0.1, 0.15) is 0 Å². The van der Waals surface area contributed by atoms with Gasteiger partial charge in [0, 0.05) is 40.7 Å². The van der Waals surface area contributed by atoms with Crippen molar-refractivity contribution in [2.45, 2.75) is 25.9 Å². The van der Waals surface area contributed by atoms with Crippen LogP contribution in [-0.2, 0) is 16.0 Å². The van der Waals surface area contributed by atoms with Crippen molar-refractivity contribution in [1.29, 1.82) is 0 Å². The van der Waals surface area contributed by atoms with Gasteiger partial charge in [0.05, 0.1) is 23.8 Å². The van der Waals surface area contributed by atoms with Crippen molar-refractivity contribution in [2.75, 3.05) is 6.61 Å². The van der Waals surface area contributed by atoms with Gasteiger partial charge in [0.2, 0.25) is 0 Å². The average molecular weight is 452 g/mol. The van der Waals surface area contributed by atoms with E-state index >= 15 is 0 Å². The van der Waals surface area contributed by atoms with E-state index in [0.717, 1.165) is 6.07 Å². The second kappa shape index (κ2) is 9.17. The number of aliphatic hydroxyl groups excluding tert-OH is 1. The molecule has 2 aromatic carbocycles. The number of carboxylic acid groups (broad SMARTS) is 2. The molecule has 170 valence electrons. The summed E-state index contributed by atoms with van der Waals surface area (Å²) in [5.74, 6) is -5.30. The molecule has 1 atom stereocenters. The molecule has 0 fully saturated rings. The summed E-state index contributed by atoms with van der Waals surface area (Å²) in [5.41, 5.74) is -1.86. The lowest BCUT2D eigenvalue weighted by Crippen LogP contribution is -2.21. The maximum absolute atomic E-state index is 13.4.